The Morgan fingerprint density at radius 3 is 2.54 bits per heavy atom. The predicted octanol–water partition coefficient (Wildman–Crippen LogP) is 1.10. The molecule has 0 saturated heterocycles. The molecule has 1 rings (SSSR count). The average molecular weight is 185 g/mol. The summed E-state index contributed by atoms with van der Waals surface area (Å²) < 4.78 is 24.9. The van der Waals surface area contributed by atoms with Gasteiger partial charge < -0.3 is 5.32 Å². The summed E-state index contributed by atoms with van der Waals surface area (Å²) in [6.07, 6.45) is 0.0429. The molecule has 0 saturated carbocycles. The van der Waals surface area contributed by atoms with Crippen molar-refractivity contribution in [3.8, 4) is 0 Å². The van der Waals surface area contributed by atoms with Crippen LogP contribution < -0.4 is 5.32 Å². The second kappa shape index (κ2) is 3.75. The highest BCUT2D eigenvalue weighted by molar-refractivity contribution is 6.29. The topological polar surface area (TPSA) is 46.2 Å². The van der Waals surface area contributed by atoms with Crippen LogP contribution in [-0.2, 0) is 9.59 Å². The van der Waals surface area contributed by atoms with Crippen molar-refractivity contribution < 1.29 is 18.4 Å². The van der Waals surface area contributed by atoms with Gasteiger partial charge in [0.1, 0.15) is 0 Å². The lowest BCUT2D eigenvalue weighted by Crippen LogP contribution is -2.12. The number of anilines is 1. The van der Waals surface area contributed by atoms with Gasteiger partial charge in [0.05, 0.1) is 0 Å². The minimum Gasteiger partial charge on any atom is -0.320 e. The van der Waals surface area contributed by atoms with E-state index in [1.54, 1.807) is 0 Å². The fraction of sp³-hybridized carbons (Fsp3) is 0. The third kappa shape index (κ3) is 2.33. The number of aldehydes is 1. The maximum atomic E-state index is 12.5. The SMILES string of the molecule is O=CC(=O)Nc1ccc(F)c(F)c1. The fourth-order valence-electron chi connectivity index (χ4n) is 0.746. The van der Waals surface area contributed by atoms with Gasteiger partial charge in [-0.1, -0.05) is 0 Å². The lowest BCUT2D eigenvalue weighted by Gasteiger charge is -2.00. The Morgan fingerprint density at radius 2 is 2.00 bits per heavy atom. The first kappa shape index (κ1) is 9.31. The molecular formula is C8H5F2NO2. The van der Waals surface area contributed by atoms with E-state index in [1.807, 2.05) is 5.32 Å². The zero-order valence-electron chi connectivity index (χ0n) is 6.38. The van der Waals surface area contributed by atoms with Gasteiger partial charge in [0, 0.05) is 11.8 Å². The highest BCUT2D eigenvalue weighted by Crippen LogP contribution is 2.12. The van der Waals surface area contributed by atoms with Crippen molar-refractivity contribution in [2.45, 2.75) is 0 Å². The smallest absolute Gasteiger partial charge is 0.288 e. The Hall–Kier alpha value is -1.78. The van der Waals surface area contributed by atoms with Crippen LogP contribution in [0.5, 0.6) is 0 Å². The summed E-state index contributed by atoms with van der Waals surface area (Å²) in [4.78, 5) is 20.4. The number of hydrogen-bond donors (Lipinski definition) is 1. The summed E-state index contributed by atoms with van der Waals surface area (Å²) >= 11 is 0. The van der Waals surface area contributed by atoms with E-state index in [9.17, 15) is 18.4 Å². The molecule has 0 heterocycles. The van der Waals surface area contributed by atoms with Crippen molar-refractivity contribution >= 4 is 17.9 Å². The van der Waals surface area contributed by atoms with Crippen molar-refractivity contribution in [1.29, 1.82) is 0 Å². The third-order valence-electron chi connectivity index (χ3n) is 1.29. The monoisotopic (exact) mass is 185 g/mol. The van der Waals surface area contributed by atoms with Gasteiger partial charge in [0.15, 0.2) is 11.6 Å². The second-order valence-corrected chi connectivity index (χ2v) is 2.24. The van der Waals surface area contributed by atoms with E-state index >= 15 is 0 Å². The first-order valence-electron chi connectivity index (χ1n) is 3.34. The first-order valence-corrected chi connectivity index (χ1v) is 3.34. The molecule has 0 spiro atoms. The predicted molar refractivity (Wildman–Crippen MR) is 41.1 cm³/mol. The van der Waals surface area contributed by atoms with Gasteiger partial charge >= 0.3 is 0 Å². The second-order valence-electron chi connectivity index (χ2n) is 2.24. The van der Waals surface area contributed by atoms with Gasteiger partial charge in [-0.25, -0.2) is 8.78 Å². The molecular weight excluding hydrogens is 180 g/mol. The van der Waals surface area contributed by atoms with E-state index in [-0.39, 0.29) is 12.0 Å². The quantitative estimate of drug-likeness (QED) is 0.554. The molecule has 1 amide bonds. The standard InChI is InChI=1S/C8H5F2NO2/c9-6-2-1-5(3-7(6)10)11-8(13)4-12/h1-4H,(H,11,13). The molecule has 1 aromatic rings. The van der Waals surface area contributed by atoms with Gasteiger partial charge in [0.25, 0.3) is 5.91 Å². The van der Waals surface area contributed by atoms with Crippen molar-refractivity contribution in [3.63, 3.8) is 0 Å². The van der Waals surface area contributed by atoms with Gasteiger partial charge in [-0.2, -0.15) is 0 Å². The summed E-state index contributed by atoms with van der Waals surface area (Å²) in [7, 11) is 0. The summed E-state index contributed by atoms with van der Waals surface area (Å²) in [6, 6.07) is 2.80. The number of amides is 1. The third-order valence-corrected chi connectivity index (χ3v) is 1.29. The normalized spacial score (nSPS) is 9.38. The molecule has 13 heavy (non-hydrogen) atoms. The van der Waals surface area contributed by atoms with Crippen LogP contribution in [0.1, 0.15) is 0 Å². The molecule has 0 unspecified atom stereocenters. The van der Waals surface area contributed by atoms with Crippen LogP contribution in [-0.4, -0.2) is 12.2 Å². The maximum Gasteiger partial charge on any atom is 0.288 e. The van der Waals surface area contributed by atoms with Crippen LogP contribution in [0.25, 0.3) is 0 Å². The van der Waals surface area contributed by atoms with Gasteiger partial charge in [-0.05, 0) is 12.1 Å². The van der Waals surface area contributed by atoms with Crippen LogP contribution >= 0.6 is 0 Å². The fourth-order valence-corrected chi connectivity index (χ4v) is 0.746. The van der Waals surface area contributed by atoms with Gasteiger partial charge in [-0.3, -0.25) is 9.59 Å². The number of carbonyl (C=O) groups excluding carboxylic acids is 2. The van der Waals surface area contributed by atoms with E-state index in [0.717, 1.165) is 18.2 Å². The number of hydrogen-bond acceptors (Lipinski definition) is 2. The van der Waals surface area contributed by atoms with Gasteiger partial charge in [-0.15, -0.1) is 0 Å². The molecule has 0 aliphatic heterocycles. The maximum absolute atomic E-state index is 12.5. The average Bonchev–Trinajstić information content (AvgIpc) is 2.11. The van der Waals surface area contributed by atoms with E-state index in [2.05, 4.69) is 0 Å². The van der Waals surface area contributed by atoms with E-state index in [0.29, 0.717) is 0 Å². The van der Waals surface area contributed by atoms with E-state index in [4.69, 9.17) is 0 Å². The minimum atomic E-state index is -1.08. The van der Waals surface area contributed by atoms with Crippen LogP contribution in [0.4, 0.5) is 14.5 Å². The Labute approximate surface area is 72.4 Å². The van der Waals surface area contributed by atoms with Crippen LogP contribution in [0.2, 0.25) is 0 Å². The zero-order valence-corrected chi connectivity index (χ0v) is 6.38. The molecule has 68 valence electrons. The molecule has 5 heteroatoms. The van der Waals surface area contributed by atoms with Crippen molar-refractivity contribution in [3.05, 3.63) is 29.8 Å². The summed E-state index contributed by atoms with van der Waals surface area (Å²) in [5, 5.41) is 2.05. The number of rotatable bonds is 2. The summed E-state index contributed by atoms with van der Waals surface area (Å²) in [5.74, 6) is -3.00. The minimum absolute atomic E-state index is 0.0380. The Morgan fingerprint density at radius 1 is 1.31 bits per heavy atom. The lowest BCUT2D eigenvalue weighted by molar-refractivity contribution is -0.127. The van der Waals surface area contributed by atoms with E-state index in [1.165, 1.54) is 0 Å². The molecule has 0 aliphatic carbocycles. The Balaban J connectivity index is 2.85. The molecule has 0 bridgehead atoms. The first-order chi connectivity index (χ1) is 6.13. The number of carbonyl (C=O) groups is 2. The Kier molecular flexibility index (Phi) is 2.69. The lowest BCUT2D eigenvalue weighted by atomic mass is 10.3. The number of benzene rings is 1. The summed E-state index contributed by atoms with van der Waals surface area (Å²) in [6.45, 7) is 0. The molecule has 1 N–H and O–H groups in total. The molecule has 0 fully saturated rings. The largest absolute Gasteiger partial charge is 0.320 e. The molecule has 1 aromatic carbocycles. The highest BCUT2D eigenvalue weighted by atomic mass is 19.2. The molecule has 0 atom stereocenters. The van der Waals surface area contributed by atoms with E-state index < -0.39 is 17.5 Å². The molecule has 0 aromatic heterocycles. The van der Waals surface area contributed by atoms with Crippen LogP contribution in [0.15, 0.2) is 18.2 Å². The number of halogens is 2. The zero-order chi connectivity index (χ0) is 9.84. The van der Waals surface area contributed by atoms with Crippen LogP contribution in [0, 0.1) is 11.6 Å². The molecule has 3 nitrogen and oxygen atoms in total. The Bertz CT molecular complexity index is 352. The van der Waals surface area contributed by atoms with Crippen molar-refractivity contribution in [2.24, 2.45) is 0 Å². The van der Waals surface area contributed by atoms with Crippen molar-refractivity contribution in [2.75, 3.05) is 5.32 Å². The highest BCUT2D eigenvalue weighted by Gasteiger charge is 2.04. The molecule has 0 radical (unpaired) electrons. The summed E-state index contributed by atoms with van der Waals surface area (Å²) in [5.41, 5.74) is 0.0380. The van der Waals surface area contributed by atoms with Crippen LogP contribution in [0.3, 0.4) is 0 Å². The number of nitrogens with one attached hydrogen (secondary N) is 1. The van der Waals surface area contributed by atoms with Crippen molar-refractivity contribution in [1.82, 2.24) is 0 Å². The molecule has 0 aliphatic rings. The van der Waals surface area contributed by atoms with Gasteiger partial charge in [0.2, 0.25) is 6.29 Å².